The first-order valence-electron chi connectivity index (χ1n) is 3.94. The van der Waals surface area contributed by atoms with Crippen LogP contribution in [-0.4, -0.2) is 10.9 Å². The lowest BCUT2D eigenvalue weighted by molar-refractivity contribution is 0.0939. The maximum absolute atomic E-state index is 11.4. The third-order valence-corrected chi connectivity index (χ3v) is 1.66. The molecule has 0 saturated heterocycles. The van der Waals surface area contributed by atoms with E-state index in [1.165, 1.54) is 6.07 Å². The van der Waals surface area contributed by atoms with Gasteiger partial charge >= 0.3 is 0 Å². The lowest BCUT2D eigenvalue weighted by atomic mass is 10.0. The molecule has 0 fully saturated rings. The molecule has 13 heavy (non-hydrogen) atoms. The summed E-state index contributed by atoms with van der Waals surface area (Å²) in [7, 11) is 0. The van der Waals surface area contributed by atoms with E-state index in [4.69, 9.17) is 5.11 Å². The average molecular weight is 201 g/mol. The smallest absolute Gasteiger partial charge is 0.165 e. The summed E-state index contributed by atoms with van der Waals surface area (Å²) in [5.74, 6) is 0.180. The fourth-order valence-electron chi connectivity index (χ4n) is 0.993. The molecule has 3 heteroatoms. The van der Waals surface area contributed by atoms with E-state index < -0.39 is 0 Å². The van der Waals surface area contributed by atoms with Gasteiger partial charge in [0.15, 0.2) is 5.78 Å². The molecule has 0 amide bonds. The van der Waals surface area contributed by atoms with Gasteiger partial charge in [-0.15, -0.1) is 12.4 Å². The molecule has 0 aliphatic carbocycles. The number of benzene rings is 1. The number of carbonyl (C=O) groups is 1. The van der Waals surface area contributed by atoms with Gasteiger partial charge in [0, 0.05) is 11.5 Å². The molecule has 0 saturated carbocycles. The van der Waals surface area contributed by atoms with Gasteiger partial charge in [0.1, 0.15) is 5.75 Å². The fraction of sp³-hybridized carbons (Fsp3) is 0.300. The Morgan fingerprint density at radius 1 is 1.38 bits per heavy atom. The Kier molecular flexibility index (Phi) is 4.49. The van der Waals surface area contributed by atoms with Gasteiger partial charge in [-0.3, -0.25) is 4.79 Å². The Morgan fingerprint density at radius 3 is 2.46 bits per heavy atom. The van der Waals surface area contributed by atoms with E-state index in [0.29, 0.717) is 5.56 Å². The molecular formula is C10H13ClO2. The van der Waals surface area contributed by atoms with Crippen molar-refractivity contribution in [2.45, 2.75) is 13.8 Å². The predicted octanol–water partition coefficient (Wildman–Crippen LogP) is 2.65. The van der Waals surface area contributed by atoms with Crippen molar-refractivity contribution in [3.05, 3.63) is 29.8 Å². The lowest BCUT2D eigenvalue weighted by Gasteiger charge is -2.03. The number of aromatic hydroxyl groups is 1. The minimum absolute atomic E-state index is 0. The summed E-state index contributed by atoms with van der Waals surface area (Å²) in [6.07, 6.45) is 0. The van der Waals surface area contributed by atoms with Gasteiger partial charge in [-0.1, -0.05) is 26.0 Å². The monoisotopic (exact) mass is 200 g/mol. The highest BCUT2D eigenvalue weighted by Crippen LogP contribution is 2.14. The number of Topliss-reactive ketones (excluding diaryl/α,β-unsaturated/α-hetero) is 1. The Morgan fingerprint density at radius 2 is 2.00 bits per heavy atom. The lowest BCUT2D eigenvalue weighted by Crippen LogP contribution is -2.06. The topological polar surface area (TPSA) is 37.3 Å². The van der Waals surface area contributed by atoms with Crippen LogP contribution < -0.4 is 0 Å². The van der Waals surface area contributed by atoms with Crippen molar-refractivity contribution in [1.82, 2.24) is 0 Å². The maximum Gasteiger partial charge on any atom is 0.165 e. The van der Waals surface area contributed by atoms with E-state index in [1.807, 2.05) is 13.8 Å². The SMILES string of the molecule is CC(C)C(=O)c1cccc(O)c1.Cl. The molecule has 0 aliphatic heterocycles. The molecule has 1 rings (SSSR count). The van der Waals surface area contributed by atoms with Crippen molar-refractivity contribution in [3.63, 3.8) is 0 Å². The summed E-state index contributed by atoms with van der Waals surface area (Å²) < 4.78 is 0. The molecule has 0 heterocycles. The van der Waals surface area contributed by atoms with E-state index in [0.717, 1.165) is 0 Å². The van der Waals surface area contributed by atoms with Crippen molar-refractivity contribution < 1.29 is 9.90 Å². The maximum atomic E-state index is 11.4. The Balaban J connectivity index is 0.00000144. The summed E-state index contributed by atoms with van der Waals surface area (Å²) >= 11 is 0. The van der Waals surface area contributed by atoms with Crippen LogP contribution in [0, 0.1) is 5.92 Å². The largest absolute Gasteiger partial charge is 0.508 e. The summed E-state index contributed by atoms with van der Waals surface area (Å²) in [5.41, 5.74) is 0.574. The number of rotatable bonds is 2. The van der Waals surface area contributed by atoms with Crippen LogP contribution in [0.4, 0.5) is 0 Å². The first-order valence-corrected chi connectivity index (χ1v) is 3.94. The molecule has 1 aromatic carbocycles. The van der Waals surface area contributed by atoms with Gasteiger partial charge in [0.25, 0.3) is 0 Å². The molecule has 0 radical (unpaired) electrons. The van der Waals surface area contributed by atoms with E-state index in [1.54, 1.807) is 18.2 Å². The first-order chi connectivity index (χ1) is 5.61. The number of phenols is 1. The van der Waals surface area contributed by atoms with Crippen molar-refractivity contribution >= 4 is 18.2 Å². The van der Waals surface area contributed by atoms with Gasteiger partial charge in [-0.2, -0.15) is 0 Å². The molecule has 2 nitrogen and oxygen atoms in total. The highest BCUT2D eigenvalue weighted by molar-refractivity contribution is 5.97. The number of phenolic OH excluding ortho intramolecular Hbond substituents is 1. The second-order valence-electron chi connectivity index (χ2n) is 3.07. The Hall–Kier alpha value is -1.02. The van der Waals surface area contributed by atoms with Crippen LogP contribution in [-0.2, 0) is 0 Å². The molecule has 0 aromatic heterocycles. The highest BCUT2D eigenvalue weighted by atomic mass is 35.5. The van der Waals surface area contributed by atoms with Gasteiger partial charge in [-0.25, -0.2) is 0 Å². The average Bonchev–Trinajstić information content (AvgIpc) is 2.03. The Bertz CT molecular complexity index is 295. The quantitative estimate of drug-likeness (QED) is 0.746. The molecular weight excluding hydrogens is 188 g/mol. The number of ketones is 1. The first kappa shape index (κ1) is 12.0. The zero-order valence-electron chi connectivity index (χ0n) is 7.65. The molecule has 1 N–H and O–H groups in total. The van der Waals surface area contributed by atoms with Crippen LogP contribution >= 0.6 is 12.4 Å². The van der Waals surface area contributed by atoms with Gasteiger partial charge < -0.3 is 5.11 Å². The van der Waals surface area contributed by atoms with E-state index in [2.05, 4.69) is 0 Å². The third kappa shape index (κ3) is 3.07. The zero-order chi connectivity index (χ0) is 9.14. The summed E-state index contributed by atoms with van der Waals surface area (Å²) in [6.45, 7) is 3.68. The predicted molar refractivity (Wildman–Crippen MR) is 54.5 cm³/mol. The number of hydrogen-bond acceptors (Lipinski definition) is 2. The minimum Gasteiger partial charge on any atom is -0.508 e. The minimum atomic E-state index is -0.0215. The highest BCUT2D eigenvalue weighted by Gasteiger charge is 2.09. The van der Waals surface area contributed by atoms with Crippen LogP contribution in [0.25, 0.3) is 0 Å². The Labute approximate surface area is 84.0 Å². The van der Waals surface area contributed by atoms with Crippen LogP contribution in [0.1, 0.15) is 24.2 Å². The molecule has 0 spiro atoms. The van der Waals surface area contributed by atoms with Gasteiger partial charge in [0.05, 0.1) is 0 Å². The van der Waals surface area contributed by atoms with Crippen LogP contribution in [0.3, 0.4) is 0 Å². The van der Waals surface area contributed by atoms with Crippen LogP contribution in [0.5, 0.6) is 5.75 Å². The van der Waals surface area contributed by atoms with Crippen molar-refractivity contribution in [1.29, 1.82) is 0 Å². The standard InChI is InChI=1S/C10H12O2.ClH/c1-7(2)10(12)8-4-3-5-9(11)6-8;/h3-7,11H,1-2H3;1H. The molecule has 72 valence electrons. The van der Waals surface area contributed by atoms with Crippen LogP contribution in [0.15, 0.2) is 24.3 Å². The van der Waals surface area contributed by atoms with E-state index in [-0.39, 0.29) is 29.9 Å². The van der Waals surface area contributed by atoms with Crippen molar-refractivity contribution in [3.8, 4) is 5.75 Å². The van der Waals surface area contributed by atoms with Crippen LogP contribution in [0.2, 0.25) is 0 Å². The second kappa shape index (κ2) is 4.87. The van der Waals surface area contributed by atoms with Gasteiger partial charge in [0.2, 0.25) is 0 Å². The number of carbonyl (C=O) groups excluding carboxylic acids is 1. The van der Waals surface area contributed by atoms with Crippen molar-refractivity contribution in [2.24, 2.45) is 5.92 Å². The fourth-order valence-corrected chi connectivity index (χ4v) is 0.993. The molecule has 0 atom stereocenters. The zero-order valence-corrected chi connectivity index (χ0v) is 8.47. The summed E-state index contributed by atoms with van der Waals surface area (Å²) in [4.78, 5) is 11.4. The van der Waals surface area contributed by atoms with E-state index >= 15 is 0 Å². The van der Waals surface area contributed by atoms with E-state index in [9.17, 15) is 4.79 Å². The van der Waals surface area contributed by atoms with Gasteiger partial charge in [-0.05, 0) is 12.1 Å². The molecule has 0 unspecified atom stereocenters. The molecule has 1 aromatic rings. The second-order valence-corrected chi connectivity index (χ2v) is 3.07. The number of hydrogen-bond donors (Lipinski definition) is 1. The van der Waals surface area contributed by atoms with Crippen molar-refractivity contribution in [2.75, 3.05) is 0 Å². The summed E-state index contributed by atoms with van der Waals surface area (Å²) in [5, 5.41) is 9.09. The molecule has 0 aliphatic rings. The normalized spacial score (nSPS) is 9.46. The third-order valence-electron chi connectivity index (χ3n) is 1.66. The molecule has 0 bridgehead atoms. The summed E-state index contributed by atoms with van der Waals surface area (Å²) in [6, 6.07) is 6.42. The number of halogens is 1.